The quantitative estimate of drug-likeness (QED) is 0.107. The van der Waals surface area contributed by atoms with Crippen LogP contribution in [0.15, 0.2) is 60.9 Å². The van der Waals surface area contributed by atoms with Crippen molar-refractivity contribution in [1.29, 1.82) is 0 Å². The maximum absolute atomic E-state index is 13.2. The van der Waals surface area contributed by atoms with E-state index in [0.29, 0.717) is 62.1 Å². The molecule has 0 aliphatic rings. The van der Waals surface area contributed by atoms with E-state index in [0.717, 1.165) is 33.4 Å². The van der Waals surface area contributed by atoms with Gasteiger partial charge >= 0.3 is 0 Å². The molecule has 12 nitrogen and oxygen atoms in total. The highest BCUT2D eigenvalue weighted by Crippen LogP contribution is 2.34. The lowest BCUT2D eigenvalue weighted by atomic mass is 9.94. The van der Waals surface area contributed by atoms with Gasteiger partial charge in [0.05, 0.1) is 14.2 Å². The minimum Gasteiger partial charge on any atom is -0.496 e. The molecule has 12 heteroatoms. The molecule has 0 fully saturated rings. The molecule has 0 atom stereocenters. The summed E-state index contributed by atoms with van der Waals surface area (Å²) in [5.74, 6) is 0.409. The fourth-order valence-corrected chi connectivity index (χ4v) is 4.97. The van der Waals surface area contributed by atoms with Gasteiger partial charge in [-0.25, -0.2) is 0 Å². The van der Waals surface area contributed by atoms with E-state index in [1.165, 1.54) is 0 Å². The first-order chi connectivity index (χ1) is 22.3. The van der Waals surface area contributed by atoms with Gasteiger partial charge in [0.2, 0.25) is 0 Å². The van der Waals surface area contributed by atoms with Gasteiger partial charge in [0.25, 0.3) is 11.8 Å². The number of pyridine rings is 2. The Kier molecular flexibility index (Phi) is 12.1. The maximum Gasteiger partial charge on any atom is 0.274 e. The summed E-state index contributed by atoms with van der Waals surface area (Å²) in [5.41, 5.74) is 18.1. The zero-order chi connectivity index (χ0) is 33.1. The Morgan fingerprint density at radius 2 is 1.11 bits per heavy atom. The number of carbonyl (C=O) groups excluding carboxylic acids is 2. The van der Waals surface area contributed by atoms with Crippen molar-refractivity contribution in [3.63, 3.8) is 0 Å². The zero-order valence-electron chi connectivity index (χ0n) is 26.7. The summed E-state index contributed by atoms with van der Waals surface area (Å²) in [6, 6.07) is 14.6. The molecular weight excluding hydrogens is 584 g/mol. The van der Waals surface area contributed by atoms with Crippen molar-refractivity contribution in [2.45, 2.75) is 26.9 Å². The van der Waals surface area contributed by atoms with Crippen molar-refractivity contribution in [2.24, 2.45) is 11.5 Å². The summed E-state index contributed by atoms with van der Waals surface area (Å²) >= 11 is 0. The van der Waals surface area contributed by atoms with Gasteiger partial charge < -0.3 is 42.2 Å². The van der Waals surface area contributed by atoms with Crippen LogP contribution < -0.4 is 42.2 Å². The standard InChI is InChI=1S/C34H42N8O4/c1-21-25(7-5-9-27(21)41-33(43)29-15-31(45-3)23(19-39-29)17-37-13-11-35)26-8-6-10-28(22(26)2)42-34(44)30-16-32(46-4)24(20-40-30)18-38-14-12-36/h5-10,15-16,19-20,37-38H,11-14,17-18,35-36H2,1-4H3,(H,41,43)(H,42,44). The molecule has 242 valence electrons. The van der Waals surface area contributed by atoms with Crippen molar-refractivity contribution in [3.05, 3.63) is 94.6 Å². The largest absolute Gasteiger partial charge is 0.496 e. The number of amides is 2. The fourth-order valence-electron chi connectivity index (χ4n) is 4.97. The van der Waals surface area contributed by atoms with E-state index in [2.05, 4.69) is 31.2 Å². The van der Waals surface area contributed by atoms with Crippen LogP contribution in [0.2, 0.25) is 0 Å². The third-order valence-corrected chi connectivity index (χ3v) is 7.52. The smallest absolute Gasteiger partial charge is 0.274 e. The van der Waals surface area contributed by atoms with Gasteiger partial charge in [0.1, 0.15) is 22.9 Å². The number of anilines is 2. The Bertz CT molecular complexity index is 1550. The number of nitrogens with one attached hydrogen (secondary N) is 4. The average molecular weight is 627 g/mol. The van der Waals surface area contributed by atoms with Crippen LogP contribution in [-0.2, 0) is 13.1 Å². The van der Waals surface area contributed by atoms with Crippen LogP contribution in [0.3, 0.4) is 0 Å². The summed E-state index contributed by atoms with van der Waals surface area (Å²) < 4.78 is 11.0. The Balaban J connectivity index is 1.53. The van der Waals surface area contributed by atoms with Gasteiger partial charge in [-0.3, -0.25) is 19.6 Å². The lowest BCUT2D eigenvalue weighted by Crippen LogP contribution is -2.22. The Hall–Kier alpha value is -4.88. The highest BCUT2D eigenvalue weighted by molar-refractivity contribution is 6.05. The van der Waals surface area contributed by atoms with E-state index in [-0.39, 0.29) is 23.2 Å². The Morgan fingerprint density at radius 3 is 1.48 bits per heavy atom. The number of hydrogen-bond acceptors (Lipinski definition) is 10. The minimum absolute atomic E-state index is 0.232. The second-order valence-electron chi connectivity index (χ2n) is 10.6. The number of aromatic nitrogens is 2. The number of nitrogens with two attached hydrogens (primary N) is 2. The van der Waals surface area contributed by atoms with Crippen LogP contribution in [0.5, 0.6) is 11.5 Å². The van der Waals surface area contributed by atoms with Crippen LogP contribution in [0, 0.1) is 13.8 Å². The van der Waals surface area contributed by atoms with Gasteiger partial charge in [-0.15, -0.1) is 0 Å². The summed E-state index contributed by atoms with van der Waals surface area (Å²) in [6.45, 7) is 7.28. The van der Waals surface area contributed by atoms with E-state index in [9.17, 15) is 9.59 Å². The highest BCUT2D eigenvalue weighted by atomic mass is 16.5. The number of nitrogens with zero attached hydrogens (tertiary/aromatic N) is 2. The SMILES string of the molecule is COc1cc(C(=O)Nc2cccc(-c3cccc(NC(=O)c4cc(OC)c(CNCCN)cn4)c3C)c2C)ncc1CNCCN. The Labute approximate surface area is 269 Å². The topological polar surface area (TPSA) is 179 Å². The predicted molar refractivity (Wildman–Crippen MR) is 180 cm³/mol. The first kappa shape index (κ1) is 34.0. The monoisotopic (exact) mass is 626 g/mol. The summed E-state index contributed by atoms with van der Waals surface area (Å²) in [5, 5.41) is 12.4. The second kappa shape index (κ2) is 16.4. The first-order valence-corrected chi connectivity index (χ1v) is 15.0. The molecule has 0 saturated heterocycles. The van der Waals surface area contributed by atoms with Gasteiger partial charge in [-0.05, 0) is 48.2 Å². The number of benzene rings is 2. The van der Waals surface area contributed by atoms with Gasteiger partial charge in [-0.2, -0.15) is 0 Å². The number of hydrogen-bond donors (Lipinski definition) is 6. The van der Waals surface area contributed by atoms with E-state index in [4.69, 9.17) is 20.9 Å². The van der Waals surface area contributed by atoms with Gasteiger partial charge in [-0.1, -0.05) is 24.3 Å². The molecule has 2 aromatic carbocycles. The van der Waals surface area contributed by atoms with E-state index < -0.39 is 0 Å². The second-order valence-corrected chi connectivity index (χ2v) is 10.6. The number of rotatable bonds is 15. The number of carbonyl (C=O) groups is 2. The van der Waals surface area contributed by atoms with Crippen molar-refractivity contribution < 1.29 is 19.1 Å². The third-order valence-electron chi connectivity index (χ3n) is 7.52. The molecule has 8 N–H and O–H groups in total. The molecule has 0 unspecified atom stereocenters. The Morgan fingerprint density at radius 1 is 0.696 bits per heavy atom. The van der Waals surface area contributed by atoms with Crippen LogP contribution in [-0.4, -0.2) is 62.2 Å². The van der Waals surface area contributed by atoms with E-state index >= 15 is 0 Å². The summed E-state index contributed by atoms with van der Waals surface area (Å²) in [6.07, 6.45) is 3.26. The molecule has 0 radical (unpaired) electrons. The average Bonchev–Trinajstić information content (AvgIpc) is 3.07. The molecule has 2 aromatic heterocycles. The van der Waals surface area contributed by atoms with Crippen LogP contribution in [0.1, 0.15) is 43.2 Å². The van der Waals surface area contributed by atoms with Crippen molar-refractivity contribution >= 4 is 23.2 Å². The summed E-state index contributed by atoms with van der Waals surface area (Å²) in [4.78, 5) is 35.2. The normalized spacial score (nSPS) is 10.8. The maximum atomic E-state index is 13.2. The molecule has 46 heavy (non-hydrogen) atoms. The molecule has 0 spiro atoms. The zero-order valence-corrected chi connectivity index (χ0v) is 26.7. The molecule has 4 rings (SSSR count). The van der Waals surface area contributed by atoms with E-state index in [1.54, 1.807) is 38.7 Å². The minimum atomic E-state index is -0.359. The molecular formula is C34H42N8O4. The predicted octanol–water partition coefficient (Wildman–Crippen LogP) is 3.38. The first-order valence-electron chi connectivity index (χ1n) is 15.0. The fraction of sp³-hybridized carbons (Fsp3) is 0.294. The molecule has 4 aromatic rings. The van der Waals surface area contributed by atoms with Crippen molar-refractivity contribution in [1.82, 2.24) is 20.6 Å². The summed E-state index contributed by atoms with van der Waals surface area (Å²) in [7, 11) is 3.12. The molecule has 0 bridgehead atoms. The lowest BCUT2D eigenvalue weighted by molar-refractivity contribution is 0.101. The van der Waals surface area contributed by atoms with Crippen molar-refractivity contribution in [2.75, 3.05) is 51.0 Å². The molecule has 0 saturated carbocycles. The van der Waals surface area contributed by atoms with Gasteiger partial charge in [0.15, 0.2) is 0 Å². The van der Waals surface area contributed by atoms with Crippen molar-refractivity contribution in [3.8, 4) is 22.6 Å². The number of ether oxygens (including phenoxy) is 2. The molecule has 0 aliphatic carbocycles. The van der Waals surface area contributed by atoms with Crippen LogP contribution >= 0.6 is 0 Å². The molecule has 0 aliphatic heterocycles. The highest BCUT2D eigenvalue weighted by Gasteiger charge is 2.18. The van der Waals surface area contributed by atoms with Gasteiger partial charge in [0, 0.05) is 86.3 Å². The third kappa shape index (κ3) is 8.23. The van der Waals surface area contributed by atoms with Crippen LogP contribution in [0.4, 0.5) is 11.4 Å². The molecule has 2 amide bonds. The number of methoxy groups -OCH3 is 2. The van der Waals surface area contributed by atoms with E-state index in [1.807, 2.05) is 50.2 Å². The lowest BCUT2D eigenvalue weighted by Gasteiger charge is -2.17. The van der Waals surface area contributed by atoms with Crippen LogP contribution in [0.25, 0.3) is 11.1 Å². The molecule has 2 heterocycles.